The molecule has 110 valence electrons. The summed E-state index contributed by atoms with van der Waals surface area (Å²) in [7, 11) is 0. The van der Waals surface area contributed by atoms with Gasteiger partial charge < -0.3 is 15.8 Å². The van der Waals surface area contributed by atoms with Crippen LogP contribution in [0.25, 0.3) is 0 Å². The first-order valence-electron chi connectivity index (χ1n) is 6.47. The topological polar surface area (TPSA) is 81.4 Å². The Morgan fingerprint density at radius 2 is 1.70 bits per heavy atom. The summed E-state index contributed by atoms with van der Waals surface area (Å²) < 4.78 is 5.16. The molecule has 3 N–H and O–H groups in total. The minimum Gasteiger partial charge on any atom is -0.444 e. The zero-order chi connectivity index (χ0) is 15.4. The maximum atomic E-state index is 11.8. The van der Waals surface area contributed by atoms with E-state index in [1.807, 2.05) is 30.3 Å². The Labute approximate surface area is 119 Å². The molecule has 0 heterocycles. The number of carbonyl (C=O) groups excluding carboxylic acids is 2. The lowest BCUT2D eigenvalue weighted by atomic mass is 9.92. The van der Waals surface area contributed by atoms with E-state index in [9.17, 15) is 9.59 Å². The number of benzene rings is 1. The van der Waals surface area contributed by atoms with Crippen LogP contribution in [0.1, 0.15) is 33.3 Å². The molecule has 0 saturated heterocycles. The van der Waals surface area contributed by atoms with Crippen LogP contribution in [0, 0.1) is 0 Å². The number of nitrogens with one attached hydrogen (secondary N) is 1. The minimum atomic E-state index is -1.19. The van der Waals surface area contributed by atoms with Gasteiger partial charge >= 0.3 is 6.09 Å². The molecule has 0 aliphatic heterocycles. The molecule has 1 atom stereocenters. The number of nitrogens with two attached hydrogens (primary N) is 1. The summed E-state index contributed by atoms with van der Waals surface area (Å²) in [4.78, 5) is 23.5. The summed E-state index contributed by atoms with van der Waals surface area (Å²) in [6.45, 7) is 6.86. The van der Waals surface area contributed by atoms with Gasteiger partial charge in [0.15, 0.2) is 0 Å². The third kappa shape index (κ3) is 4.91. The number of rotatable bonds is 4. The lowest BCUT2D eigenvalue weighted by molar-refractivity contribution is -0.123. The van der Waals surface area contributed by atoms with E-state index in [-0.39, 0.29) is 0 Å². The number of amides is 2. The maximum Gasteiger partial charge on any atom is 0.408 e. The molecule has 0 radical (unpaired) electrons. The van der Waals surface area contributed by atoms with Crippen LogP contribution >= 0.6 is 0 Å². The van der Waals surface area contributed by atoms with Crippen LogP contribution in [-0.4, -0.2) is 23.1 Å². The molecule has 0 fully saturated rings. The van der Waals surface area contributed by atoms with E-state index in [1.54, 1.807) is 27.7 Å². The van der Waals surface area contributed by atoms with Crippen molar-refractivity contribution in [1.29, 1.82) is 0 Å². The van der Waals surface area contributed by atoms with Crippen molar-refractivity contribution in [3.63, 3.8) is 0 Å². The van der Waals surface area contributed by atoms with Crippen LogP contribution in [-0.2, 0) is 16.0 Å². The fourth-order valence-electron chi connectivity index (χ4n) is 1.73. The van der Waals surface area contributed by atoms with Gasteiger partial charge in [-0.2, -0.15) is 0 Å². The average Bonchev–Trinajstić information content (AvgIpc) is 2.26. The van der Waals surface area contributed by atoms with Crippen LogP contribution < -0.4 is 11.1 Å². The standard InChI is InChI=1S/C15H22N2O3/c1-14(2,3)20-13(19)17-15(4,12(16)18)10-11-8-6-5-7-9-11/h5-9H,10H2,1-4H3,(H2,16,18)(H,17,19)/t15-/m0/s1. The SMILES string of the molecule is CC(C)(C)OC(=O)N[C@@](C)(Cc1ccccc1)C(N)=O. The van der Waals surface area contributed by atoms with Gasteiger partial charge in [-0.1, -0.05) is 30.3 Å². The Hall–Kier alpha value is -2.04. The first-order valence-corrected chi connectivity index (χ1v) is 6.47. The largest absolute Gasteiger partial charge is 0.444 e. The van der Waals surface area contributed by atoms with Crippen molar-refractivity contribution < 1.29 is 14.3 Å². The van der Waals surface area contributed by atoms with Crippen molar-refractivity contribution >= 4 is 12.0 Å². The zero-order valence-electron chi connectivity index (χ0n) is 12.4. The van der Waals surface area contributed by atoms with Gasteiger partial charge in [0.25, 0.3) is 0 Å². The lowest BCUT2D eigenvalue weighted by Crippen LogP contribution is -2.57. The average molecular weight is 278 g/mol. The molecule has 20 heavy (non-hydrogen) atoms. The molecule has 5 heteroatoms. The Morgan fingerprint density at radius 1 is 1.15 bits per heavy atom. The molecule has 0 aliphatic rings. The molecule has 0 bridgehead atoms. The number of ether oxygens (including phenoxy) is 1. The van der Waals surface area contributed by atoms with Crippen molar-refractivity contribution in [2.75, 3.05) is 0 Å². The molecule has 0 saturated carbocycles. The maximum absolute atomic E-state index is 11.8. The number of primary amides is 1. The van der Waals surface area contributed by atoms with Gasteiger partial charge in [-0.05, 0) is 33.3 Å². The first-order chi connectivity index (χ1) is 9.12. The Kier molecular flexibility index (Phi) is 4.76. The number of alkyl carbamates (subject to hydrolysis) is 1. The zero-order valence-corrected chi connectivity index (χ0v) is 12.4. The van der Waals surface area contributed by atoms with Crippen molar-refractivity contribution in [2.24, 2.45) is 5.73 Å². The molecule has 0 aromatic heterocycles. The van der Waals surface area contributed by atoms with Gasteiger partial charge in [0.2, 0.25) is 5.91 Å². The second-order valence-corrected chi connectivity index (χ2v) is 5.99. The normalized spacial score (nSPS) is 14.2. The van der Waals surface area contributed by atoms with Crippen molar-refractivity contribution in [3.05, 3.63) is 35.9 Å². The Morgan fingerprint density at radius 3 is 2.15 bits per heavy atom. The lowest BCUT2D eigenvalue weighted by Gasteiger charge is -2.29. The number of hydrogen-bond acceptors (Lipinski definition) is 3. The summed E-state index contributed by atoms with van der Waals surface area (Å²) in [5.74, 6) is -0.604. The van der Waals surface area contributed by atoms with E-state index >= 15 is 0 Å². The molecular formula is C15H22N2O3. The second kappa shape index (κ2) is 5.94. The monoisotopic (exact) mass is 278 g/mol. The van der Waals surface area contributed by atoms with Gasteiger partial charge in [-0.25, -0.2) is 4.79 Å². The molecular weight excluding hydrogens is 256 g/mol. The molecule has 1 rings (SSSR count). The predicted molar refractivity (Wildman–Crippen MR) is 77.1 cm³/mol. The molecule has 5 nitrogen and oxygen atoms in total. The highest BCUT2D eigenvalue weighted by atomic mass is 16.6. The number of carbonyl (C=O) groups is 2. The van der Waals surface area contributed by atoms with Gasteiger partial charge in [-0.15, -0.1) is 0 Å². The Balaban J connectivity index is 2.82. The van der Waals surface area contributed by atoms with Gasteiger partial charge in [0.1, 0.15) is 11.1 Å². The minimum absolute atomic E-state index is 0.308. The van der Waals surface area contributed by atoms with Gasteiger partial charge in [0.05, 0.1) is 0 Å². The highest BCUT2D eigenvalue weighted by Crippen LogP contribution is 2.15. The van der Waals surface area contributed by atoms with Crippen LogP contribution in [0.2, 0.25) is 0 Å². The van der Waals surface area contributed by atoms with E-state index in [2.05, 4.69) is 5.32 Å². The van der Waals surface area contributed by atoms with Crippen molar-refractivity contribution in [2.45, 2.75) is 45.3 Å². The van der Waals surface area contributed by atoms with E-state index in [1.165, 1.54) is 0 Å². The fourth-order valence-corrected chi connectivity index (χ4v) is 1.73. The van der Waals surface area contributed by atoms with Crippen molar-refractivity contribution in [3.8, 4) is 0 Å². The third-order valence-electron chi connectivity index (χ3n) is 2.72. The first kappa shape index (κ1) is 16.0. The molecule has 0 aliphatic carbocycles. The fraction of sp³-hybridized carbons (Fsp3) is 0.467. The van der Waals surface area contributed by atoms with Gasteiger partial charge in [0, 0.05) is 6.42 Å². The molecule has 1 aromatic carbocycles. The molecule has 0 unspecified atom stereocenters. The van der Waals surface area contributed by atoms with Crippen LogP contribution in [0.4, 0.5) is 4.79 Å². The summed E-state index contributed by atoms with van der Waals surface area (Å²) >= 11 is 0. The molecule has 1 aromatic rings. The smallest absolute Gasteiger partial charge is 0.408 e. The van der Waals surface area contributed by atoms with Crippen LogP contribution in [0.3, 0.4) is 0 Å². The Bertz CT molecular complexity index is 480. The predicted octanol–water partition coefficient (Wildman–Crippen LogP) is 2.00. The van der Waals surface area contributed by atoms with Crippen LogP contribution in [0.5, 0.6) is 0 Å². The van der Waals surface area contributed by atoms with E-state index < -0.39 is 23.1 Å². The quantitative estimate of drug-likeness (QED) is 0.883. The number of hydrogen-bond donors (Lipinski definition) is 2. The summed E-state index contributed by atoms with van der Waals surface area (Å²) in [6.07, 6.45) is -0.350. The highest BCUT2D eigenvalue weighted by molar-refractivity contribution is 5.88. The molecule has 2 amide bonds. The summed E-state index contributed by atoms with van der Waals surface area (Å²) in [6, 6.07) is 9.36. The van der Waals surface area contributed by atoms with E-state index in [0.29, 0.717) is 6.42 Å². The van der Waals surface area contributed by atoms with Gasteiger partial charge in [-0.3, -0.25) is 4.79 Å². The summed E-state index contributed by atoms with van der Waals surface area (Å²) in [5.41, 5.74) is 4.51. The molecule has 0 spiro atoms. The van der Waals surface area contributed by atoms with E-state index in [0.717, 1.165) is 5.56 Å². The second-order valence-electron chi connectivity index (χ2n) is 5.99. The summed E-state index contributed by atoms with van der Waals surface area (Å²) in [5, 5.41) is 2.56. The van der Waals surface area contributed by atoms with E-state index in [4.69, 9.17) is 10.5 Å². The van der Waals surface area contributed by atoms with Crippen molar-refractivity contribution in [1.82, 2.24) is 5.32 Å². The van der Waals surface area contributed by atoms with Crippen LogP contribution in [0.15, 0.2) is 30.3 Å². The third-order valence-corrected chi connectivity index (χ3v) is 2.72. The highest BCUT2D eigenvalue weighted by Gasteiger charge is 2.34.